The van der Waals surface area contributed by atoms with E-state index >= 15 is 0 Å². The molecule has 1 fully saturated rings. The van der Waals surface area contributed by atoms with Crippen LogP contribution in [-0.2, 0) is 0 Å². The van der Waals surface area contributed by atoms with Crippen molar-refractivity contribution >= 4 is 19.7 Å². The van der Waals surface area contributed by atoms with Crippen molar-refractivity contribution in [3.05, 3.63) is 53.8 Å². The maximum absolute atomic E-state index is 2.67. The van der Waals surface area contributed by atoms with Gasteiger partial charge in [0.25, 0.3) is 0 Å². The van der Waals surface area contributed by atoms with Crippen molar-refractivity contribution in [1.29, 1.82) is 0 Å². The van der Waals surface area contributed by atoms with Crippen LogP contribution in [0, 0.1) is 5.41 Å². The van der Waals surface area contributed by atoms with Crippen LogP contribution in [0.4, 0.5) is 5.69 Å². The molecule has 0 aliphatic carbocycles. The lowest BCUT2D eigenvalue weighted by Gasteiger charge is -2.57. The molecule has 3 nitrogen and oxygen atoms in total. The van der Waals surface area contributed by atoms with Crippen molar-refractivity contribution in [2.45, 2.75) is 67.3 Å². The summed E-state index contributed by atoms with van der Waals surface area (Å²) in [5, 5.41) is 0. The lowest BCUT2D eigenvalue weighted by Crippen LogP contribution is -2.74. The summed E-state index contributed by atoms with van der Waals surface area (Å²) in [5.41, 5.74) is 4.29. The van der Waals surface area contributed by atoms with E-state index in [0.29, 0.717) is 20.1 Å². The van der Waals surface area contributed by atoms with Gasteiger partial charge in [0.05, 0.1) is 6.17 Å². The third-order valence-corrected chi connectivity index (χ3v) is 6.72. The number of hydrogen-bond acceptors (Lipinski definition) is 3. The van der Waals surface area contributed by atoms with Gasteiger partial charge in [0, 0.05) is 16.8 Å². The summed E-state index contributed by atoms with van der Waals surface area (Å²) in [6.45, 7) is 18.2. The minimum absolute atomic E-state index is 0.0874. The predicted molar refractivity (Wildman–Crippen MR) is 121 cm³/mol. The summed E-state index contributed by atoms with van der Waals surface area (Å²) in [7, 11) is 0. The molecule has 1 aromatic rings. The number of fused-ring (bicyclic) bond motifs is 1. The number of anilines is 1. The average molecular weight is 363 g/mol. The van der Waals surface area contributed by atoms with E-state index in [2.05, 4.69) is 105 Å². The Morgan fingerprint density at radius 3 is 2.30 bits per heavy atom. The number of hydrogen-bond donors (Lipinski definition) is 0. The highest BCUT2D eigenvalue weighted by Gasteiger charge is 2.56. The highest BCUT2D eigenvalue weighted by Crippen LogP contribution is 2.49. The normalized spacial score (nSPS) is 23.0. The zero-order valence-corrected chi connectivity index (χ0v) is 18.2. The van der Waals surface area contributed by atoms with Gasteiger partial charge in [0.1, 0.15) is 0 Å². The van der Waals surface area contributed by atoms with Gasteiger partial charge >= 0.3 is 14.0 Å². The third kappa shape index (κ3) is 3.24. The molecule has 0 N–H and O–H groups in total. The Kier molecular flexibility index (Phi) is 5.81. The zero-order chi connectivity index (χ0) is 19.8. The molecule has 27 heavy (non-hydrogen) atoms. The molecule has 3 rings (SSSR count). The monoisotopic (exact) mass is 363 g/mol. The van der Waals surface area contributed by atoms with Crippen LogP contribution in [0.3, 0.4) is 0 Å². The standard InChI is InChI=1S/C22H35B2N3/c1-8-10-17-25-23(6)26(19-15-12-11-13-16-19)21-22(4,5)18(3)20(14-9-2)27(21)24(25)7/h9,11-16,21H,8,10,17H2,1-7H3/b14-9-. The SMILES string of the molecule is C/C=C\C1=C(C)C(C)(C)C2N1B(C)N(CCCC)B(C)N2c1ccccc1. The van der Waals surface area contributed by atoms with Crippen LogP contribution in [0.5, 0.6) is 0 Å². The fourth-order valence-electron chi connectivity index (χ4n) is 4.96. The van der Waals surface area contributed by atoms with Crippen LogP contribution in [0.25, 0.3) is 0 Å². The first-order valence-corrected chi connectivity index (χ1v) is 10.6. The van der Waals surface area contributed by atoms with Crippen molar-refractivity contribution < 1.29 is 0 Å². The maximum Gasteiger partial charge on any atom is 0.331 e. The second-order valence-corrected chi connectivity index (χ2v) is 8.61. The van der Waals surface area contributed by atoms with E-state index in [-0.39, 0.29) is 5.41 Å². The zero-order valence-electron chi connectivity index (χ0n) is 18.2. The predicted octanol–water partition coefficient (Wildman–Crippen LogP) is 5.36. The molecular formula is C22H35B2N3. The molecular weight excluding hydrogens is 328 g/mol. The van der Waals surface area contributed by atoms with E-state index in [1.807, 2.05) is 0 Å². The van der Waals surface area contributed by atoms with E-state index in [1.54, 1.807) is 0 Å². The van der Waals surface area contributed by atoms with Crippen LogP contribution < -0.4 is 4.81 Å². The highest BCUT2D eigenvalue weighted by atomic mass is 15.4. The van der Waals surface area contributed by atoms with Crippen molar-refractivity contribution in [3.63, 3.8) is 0 Å². The molecule has 0 amide bonds. The molecule has 2 aliphatic heterocycles. The van der Waals surface area contributed by atoms with E-state index in [4.69, 9.17) is 0 Å². The number of para-hydroxylation sites is 1. The maximum atomic E-state index is 2.67. The highest BCUT2D eigenvalue weighted by molar-refractivity contribution is 6.74. The second kappa shape index (κ2) is 7.79. The molecule has 0 bridgehead atoms. The molecule has 0 radical (unpaired) electrons. The van der Waals surface area contributed by atoms with Gasteiger partial charge < -0.3 is 14.3 Å². The minimum Gasteiger partial charge on any atom is -0.382 e. The first kappa shape index (κ1) is 20.1. The fourth-order valence-corrected chi connectivity index (χ4v) is 4.96. The van der Waals surface area contributed by atoms with E-state index in [0.717, 1.165) is 6.54 Å². The summed E-state index contributed by atoms with van der Waals surface area (Å²) in [6.07, 6.45) is 7.29. The van der Waals surface area contributed by atoms with Gasteiger partial charge in [-0.05, 0) is 50.6 Å². The Morgan fingerprint density at radius 2 is 1.70 bits per heavy atom. The summed E-state index contributed by atoms with van der Waals surface area (Å²) < 4.78 is 2.67. The smallest absolute Gasteiger partial charge is 0.331 e. The van der Waals surface area contributed by atoms with Crippen LogP contribution in [-0.4, -0.2) is 36.2 Å². The lowest BCUT2D eigenvalue weighted by molar-refractivity contribution is 0.251. The van der Waals surface area contributed by atoms with Crippen molar-refractivity contribution in [2.75, 3.05) is 11.4 Å². The molecule has 0 aromatic heterocycles. The third-order valence-electron chi connectivity index (χ3n) is 6.72. The summed E-state index contributed by atoms with van der Waals surface area (Å²) >= 11 is 0. The number of unbranched alkanes of at least 4 members (excludes halogenated alkanes) is 1. The Hall–Kier alpha value is -1.61. The molecule has 1 saturated heterocycles. The van der Waals surface area contributed by atoms with Crippen molar-refractivity contribution in [3.8, 4) is 0 Å². The fraction of sp³-hybridized carbons (Fsp3) is 0.545. The number of benzene rings is 1. The van der Waals surface area contributed by atoms with Gasteiger partial charge in [0.15, 0.2) is 0 Å². The molecule has 0 spiro atoms. The molecule has 1 atom stereocenters. The van der Waals surface area contributed by atoms with Crippen molar-refractivity contribution in [1.82, 2.24) is 9.53 Å². The van der Waals surface area contributed by atoms with E-state index in [9.17, 15) is 0 Å². The van der Waals surface area contributed by atoms with Gasteiger partial charge in [-0.2, -0.15) is 0 Å². The Labute approximate surface area is 167 Å². The molecule has 144 valence electrons. The first-order valence-electron chi connectivity index (χ1n) is 10.6. The van der Waals surface area contributed by atoms with Crippen LogP contribution >= 0.6 is 0 Å². The van der Waals surface area contributed by atoms with E-state index in [1.165, 1.54) is 29.8 Å². The summed E-state index contributed by atoms with van der Waals surface area (Å²) in [5.74, 6) is 0. The molecule has 1 aromatic carbocycles. The number of allylic oxidation sites excluding steroid dienone is 2. The molecule has 2 heterocycles. The van der Waals surface area contributed by atoms with Gasteiger partial charge in [-0.15, -0.1) is 0 Å². The van der Waals surface area contributed by atoms with Crippen LogP contribution in [0.1, 0.15) is 47.5 Å². The molecule has 1 unspecified atom stereocenters. The lowest BCUT2D eigenvalue weighted by atomic mass is 9.55. The van der Waals surface area contributed by atoms with Gasteiger partial charge in [-0.3, -0.25) is 0 Å². The largest absolute Gasteiger partial charge is 0.382 e. The van der Waals surface area contributed by atoms with Gasteiger partial charge in [-0.1, -0.05) is 65.1 Å². The Bertz CT molecular complexity index is 714. The van der Waals surface area contributed by atoms with E-state index < -0.39 is 0 Å². The minimum atomic E-state index is 0.0874. The topological polar surface area (TPSA) is 9.72 Å². The first-order chi connectivity index (χ1) is 12.9. The number of rotatable bonds is 5. The Balaban J connectivity index is 2.13. The van der Waals surface area contributed by atoms with Crippen LogP contribution in [0.2, 0.25) is 13.6 Å². The second-order valence-electron chi connectivity index (χ2n) is 8.61. The summed E-state index contributed by atoms with van der Waals surface area (Å²) in [6, 6.07) is 11.0. The molecule has 5 heteroatoms. The quantitative estimate of drug-likeness (QED) is 0.652. The van der Waals surface area contributed by atoms with Gasteiger partial charge in [0.2, 0.25) is 0 Å². The summed E-state index contributed by atoms with van der Waals surface area (Å²) in [4.78, 5) is 5.31. The molecule has 2 aliphatic rings. The number of nitrogens with zero attached hydrogens (tertiary/aromatic N) is 3. The van der Waals surface area contributed by atoms with Gasteiger partial charge in [-0.25, -0.2) is 0 Å². The van der Waals surface area contributed by atoms with Crippen molar-refractivity contribution in [2.24, 2.45) is 5.41 Å². The average Bonchev–Trinajstić information content (AvgIpc) is 2.84. The molecule has 0 saturated carbocycles. The van der Waals surface area contributed by atoms with Crippen LogP contribution in [0.15, 0.2) is 53.8 Å². The Morgan fingerprint density at radius 1 is 1.07 bits per heavy atom.